The predicted molar refractivity (Wildman–Crippen MR) is 110 cm³/mol. The van der Waals surface area contributed by atoms with Gasteiger partial charge in [0.05, 0.1) is 0 Å². The first kappa shape index (κ1) is 26.0. The first-order valence-corrected chi connectivity index (χ1v) is 12.8. The minimum Gasteiger partial charge on any atom is -0.741 e. The van der Waals surface area contributed by atoms with E-state index < -0.39 is 15.6 Å². The van der Waals surface area contributed by atoms with Gasteiger partial charge in [0, 0.05) is 22.3 Å². The molecule has 0 saturated heterocycles. The third-order valence-electron chi connectivity index (χ3n) is 4.21. The van der Waals surface area contributed by atoms with Crippen LogP contribution in [-0.4, -0.2) is 24.3 Å². The van der Waals surface area contributed by atoms with Gasteiger partial charge in [0.2, 0.25) is 0 Å². The van der Waals surface area contributed by atoms with Crippen molar-refractivity contribution in [2.24, 2.45) is 0 Å². The molecule has 0 aliphatic carbocycles. The zero-order valence-corrected chi connectivity index (χ0v) is 20.4. The van der Waals surface area contributed by atoms with Crippen molar-refractivity contribution < 1.29 is 52.1 Å². The van der Waals surface area contributed by atoms with E-state index in [4.69, 9.17) is 13.0 Å². The molecule has 0 aliphatic rings. The molecule has 0 heterocycles. The fourth-order valence-corrected chi connectivity index (χ4v) is 5.35. The number of aryl methyl sites for hydroxylation is 3. The lowest BCUT2D eigenvalue weighted by Gasteiger charge is -2.08. The number of benzene rings is 3. The molecule has 0 aliphatic heterocycles. The van der Waals surface area contributed by atoms with Gasteiger partial charge in [-0.3, -0.25) is 4.79 Å². The number of carbonyl (C=O) groups is 1. The highest BCUT2D eigenvalue weighted by molar-refractivity contribution is 7.86. The van der Waals surface area contributed by atoms with Crippen LogP contribution in [0.25, 0.3) is 0 Å². The lowest BCUT2D eigenvalue weighted by molar-refractivity contribution is -0.598. The Morgan fingerprint density at radius 2 is 1.28 bits per heavy atom. The van der Waals surface area contributed by atoms with Gasteiger partial charge in [-0.1, -0.05) is 48.0 Å². The van der Waals surface area contributed by atoms with Gasteiger partial charge in [0.25, 0.3) is 0 Å². The third-order valence-corrected chi connectivity index (χ3v) is 8.36. The smallest absolute Gasteiger partial charge is 0.485 e. The molecule has 0 bridgehead atoms. The summed E-state index contributed by atoms with van der Waals surface area (Å²) in [5, 5.41) is 0. The van der Waals surface area contributed by atoms with Crippen molar-refractivity contribution in [3.63, 3.8) is 0 Å². The maximum atomic E-state index is 12.5. The van der Waals surface area contributed by atoms with Gasteiger partial charge in [-0.2, -0.15) is 13.2 Å². The highest BCUT2D eigenvalue weighted by Crippen LogP contribution is 2.20. The Labute approximate surface area is 195 Å². The van der Waals surface area contributed by atoms with Gasteiger partial charge in [-0.05, 0) is 45.0 Å². The van der Waals surface area contributed by atoms with Crippen LogP contribution in [-0.2, 0) is 10.1 Å². The van der Waals surface area contributed by atoms with E-state index in [1.807, 2.05) is 42.5 Å². The van der Waals surface area contributed by atoms with E-state index in [9.17, 15) is 18.0 Å². The van der Waals surface area contributed by atoms with Crippen LogP contribution in [0.4, 0.5) is 13.2 Å². The van der Waals surface area contributed by atoms with Crippen LogP contribution in [0.3, 0.4) is 0 Å². The fourth-order valence-electron chi connectivity index (χ4n) is 2.84. The highest BCUT2D eigenvalue weighted by atomic mass is 127. The molecule has 0 spiro atoms. The van der Waals surface area contributed by atoms with Gasteiger partial charge in [-0.15, -0.1) is 0 Å². The number of rotatable bonds is 4. The van der Waals surface area contributed by atoms with Gasteiger partial charge in [0.1, 0.15) is 0 Å². The van der Waals surface area contributed by atoms with Crippen LogP contribution in [0, 0.1) is 27.9 Å². The van der Waals surface area contributed by atoms with E-state index in [0.717, 1.165) is 11.1 Å². The third kappa shape index (κ3) is 7.14. The minimum atomic E-state index is -6.09. The lowest BCUT2D eigenvalue weighted by atomic mass is 10.0. The molecule has 3 rings (SSSR count). The van der Waals surface area contributed by atoms with Gasteiger partial charge < -0.3 is 4.55 Å². The molecular formula is C23H20F3IO4S. The Bertz CT molecular complexity index is 1170. The maximum absolute atomic E-state index is 12.5. The summed E-state index contributed by atoms with van der Waals surface area (Å²) >= 11 is -0.227. The van der Waals surface area contributed by atoms with Crippen molar-refractivity contribution in [3.05, 3.63) is 102 Å². The Hall–Kier alpha value is -2.24. The molecule has 0 atom stereocenters. The van der Waals surface area contributed by atoms with E-state index in [2.05, 4.69) is 45.0 Å². The summed E-state index contributed by atoms with van der Waals surface area (Å²) in [6.07, 6.45) is 0. The molecular weight excluding hydrogens is 556 g/mol. The standard InChI is InChI=1S/C22H20IO.CHF3O3S/c1-15-13-16(2)21(17(3)14-15)23-20-11-9-19(10-12-20)22(24)18-7-5-4-6-8-18;2-1(3,4)8(5,6)7/h4-14H,1-3H3;(H,5,6,7)/q+1;/p-1. The Balaban J connectivity index is 0.000000390. The number of ketones is 1. The quantitative estimate of drug-likeness (QED) is 0.206. The van der Waals surface area contributed by atoms with E-state index >= 15 is 0 Å². The molecule has 3 aromatic rings. The second-order valence-electron chi connectivity index (χ2n) is 6.91. The van der Waals surface area contributed by atoms with Crippen LogP contribution in [0.5, 0.6) is 0 Å². The van der Waals surface area contributed by atoms with E-state index in [0.29, 0.717) is 0 Å². The average molecular weight is 576 g/mol. The van der Waals surface area contributed by atoms with Crippen molar-refractivity contribution in [1.82, 2.24) is 0 Å². The molecule has 0 fully saturated rings. The monoisotopic (exact) mass is 576 g/mol. The Kier molecular flexibility index (Phi) is 8.60. The van der Waals surface area contributed by atoms with Crippen LogP contribution in [0.2, 0.25) is 0 Å². The Morgan fingerprint density at radius 1 is 0.844 bits per heavy atom. The van der Waals surface area contributed by atoms with Crippen LogP contribution < -0.4 is 21.2 Å². The summed E-state index contributed by atoms with van der Waals surface area (Å²) in [4.78, 5) is 12.5. The molecule has 0 unspecified atom stereocenters. The van der Waals surface area contributed by atoms with Crippen molar-refractivity contribution in [2.45, 2.75) is 26.3 Å². The number of alkyl halides is 3. The molecule has 0 radical (unpaired) electrons. The van der Waals surface area contributed by atoms with Crippen LogP contribution in [0.15, 0.2) is 66.7 Å². The Morgan fingerprint density at radius 3 is 1.72 bits per heavy atom. The van der Waals surface area contributed by atoms with Crippen molar-refractivity contribution in [1.29, 1.82) is 0 Å². The SMILES string of the molecule is Cc1cc(C)c([I+]c2ccc(C(=O)c3ccccc3)cc2)c(C)c1.O=S(=O)([O-])C(F)(F)F. The summed E-state index contributed by atoms with van der Waals surface area (Å²) in [5.74, 6) is 0.0862. The molecule has 4 nitrogen and oxygen atoms in total. The molecule has 9 heteroatoms. The summed E-state index contributed by atoms with van der Waals surface area (Å²) in [6, 6.07) is 22.1. The first-order chi connectivity index (χ1) is 14.8. The van der Waals surface area contributed by atoms with Crippen LogP contribution >= 0.6 is 0 Å². The minimum absolute atomic E-state index is 0.0862. The molecule has 32 heavy (non-hydrogen) atoms. The molecule has 0 N–H and O–H groups in total. The predicted octanol–water partition coefficient (Wildman–Crippen LogP) is 2.02. The zero-order chi connectivity index (χ0) is 24.1. The number of carbonyl (C=O) groups excluding carboxylic acids is 1. The summed E-state index contributed by atoms with van der Waals surface area (Å²) in [6.45, 7) is 6.54. The van der Waals surface area contributed by atoms with E-state index in [1.165, 1.54) is 23.8 Å². The fraction of sp³-hybridized carbons (Fsp3) is 0.174. The molecule has 0 saturated carbocycles. The molecule has 0 aromatic heterocycles. The second-order valence-corrected chi connectivity index (χ2v) is 11.1. The largest absolute Gasteiger partial charge is 0.741 e. The van der Waals surface area contributed by atoms with Crippen LogP contribution in [0.1, 0.15) is 32.6 Å². The highest BCUT2D eigenvalue weighted by Gasteiger charge is 2.36. The lowest BCUT2D eigenvalue weighted by Crippen LogP contribution is -3.62. The first-order valence-electron chi connectivity index (χ1n) is 9.24. The topological polar surface area (TPSA) is 74.3 Å². The van der Waals surface area contributed by atoms with Gasteiger partial charge in [-0.25, -0.2) is 8.42 Å². The van der Waals surface area contributed by atoms with E-state index in [1.54, 1.807) is 0 Å². The number of hydrogen-bond acceptors (Lipinski definition) is 4. The second kappa shape index (κ2) is 10.6. The maximum Gasteiger partial charge on any atom is 0.485 e. The summed E-state index contributed by atoms with van der Waals surface area (Å²) in [7, 11) is -6.09. The van der Waals surface area contributed by atoms with Gasteiger partial charge >= 0.3 is 26.7 Å². The zero-order valence-electron chi connectivity index (χ0n) is 17.4. The van der Waals surface area contributed by atoms with Crippen molar-refractivity contribution >= 4 is 15.9 Å². The van der Waals surface area contributed by atoms with Gasteiger partial charge in [0.15, 0.2) is 23.0 Å². The van der Waals surface area contributed by atoms with E-state index in [-0.39, 0.29) is 27.0 Å². The van der Waals surface area contributed by atoms with Crippen molar-refractivity contribution in [2.75, 3.05) is 0 Å². The summed E-state index contributed by atoms with van der Waals surface area (Å²) in [5.41, 5.74) is -0.0694. The normalized spacial score (nSPS) is 11.5. The van der Waals surface area contributed by atoms with Crippen molar-refractivity contribution in [3.8, 4) is 0 Å². The number of hydrogen-bond donors (Lipinski definition) is 0. The average Bonchev–Trinajstić information content (AvgIpc) is 2.70. The molecule has 3 aromatic carbocycles. The number of halogens is 4. The molecule has 0 amide bonds. The summed E-state index contributed by atoms with van der Waals surface area (Å²) < 4.78 is 61.7. The molecule has 170 valence electrons.